The Morgan fingerprint density at radius 1 is 1.09 bits per heavy atom. The fourth-order valence-corrected chi connectivity index (χ4v) is 3.93. The second-order valence-corrected chi connectivity index (χ2v) is 10.7. The molecule has 1 amide bonds. The SMILES string of the molecule is CC(C)(C)OC(=O)N1CCCC(c2cc(B3OC(C)(C)C(C)(C)O3)cc(C(F)(F)F)c2)C1. The van der Waals surface area contributed by atoms with Crippen LogP contribution in [-0.4, -0.2) is 48.0 Å². The molecule has 0 aromatic heterocycles. The van der Waals surface area contributed by atoms with Crippen molar-refractivity contribution in [3.05, 3.63) is 29.3 Å². The van der Waals surface area contributed by atoms with Gasteiger partial charge in [-0.15, -0.1) is 0 Å². The highest BCUT2D eigenvalue weighted by molar-refractivity contribution is 6.62. The average molecular weight is 455 g/mol. The Balaban J connectivity index is 1.91. The van der Waals surface area contributed by atoms with Crippen LogP contribution in [0.25, 0.3) is 0 Å². The lowest BCUT2D eigenvalue weighted by Crippen LogP contribution is -2.42. The van der Waals surface area contributed by atoms with Gasteiger partial charge in [0.1, 0.15) is 5.60 Å². The fourth-order valence-electron chi connectivity index (χ4n) is 3.93. The number of piperidine rings is 1. The van der Waals surface area contributed by atoms with Crippen LogP contribution >= 0.6 is 0 Å². The molecule has 0 saturated carbocycles. The van der Waals surface area contributed by atoms with Crippen molar-refractivity contribution >= 4 is 18.7 Å². The van der Waals surface area contributed by atoms with Gasteiger partial charge in [0.05, 0.1) is 16.8 Å². The number of benzene rings is 1. The first-order chi connectivity index (χ1) is 14.5. The molecular weight excluding hydrogens is 422 g/mol. The van der Waals surface area contributed by atoms with Gasteiger partial charge in [-0.1, -0.05) is 12.1 Å². The van der Waals surface area contributed by atoms with Crippen LogP contribution in [0.15, 0.2) is 18.2 Å². The number of alkyl halides is 3. The molecule has 3 rings (SSSR count). The minimum Gasteiger partial charge on any atom is -0.444 e. The van der Waals surface area contributed by atoms with E-state index in [4.69, 9.17) is 14.0 Å². The van der Waals surface area contributed by atoms with E-state index in [1.54, 1.807) is 31.7 Å². The molecule has 0 aliphatic carbocycles. The predicted octanol–water partition coefficient (Wildman–Crippen LogP) is 5.12. The summed E-state index contributed by atoms with van der Waals surface area (Å²) in [5.41, 5.74) is -1.84. The zero-order valence-electron chi connectivity index (χ0n) is 19.9. The molecule has 5 nitrogen and oxygen atoms in total. The van der Waals surface area contributed by atoms with Gasteiger partial charge >= 0.3 is 19.4 Å². The van der Waals surface area contributed by atoms with Crippen LogP contribution in [0.3, 0.4) is 0 Å². The maximum atomic E-state index is 13.7. The van der Waals surface area contributed by atoms with Crippen molar-refractivity contribution in [3.63, 3.8) is 0 Å². The van der Waals surface area contributed by atoms with Crippen molar-refractivity contribution in [2.45, 2.75) is 90.2 Å². The maximum Gasteiger partial charge on any atom is 0.494 e. The van der Waals surface area contributed by atoms with E-state index in [0.717, 1.165) is 6.07 Å². The van der Waals surface area contributed by atoms with E-state index >= 15 is 0 Å². The van der Waals surface area contributed by atoms with Crippen molar-refractivity contribution in [1.82, 2.24) is 4.90 Å². The van der Waals surface area contributed by atoms with E-state index in [1.165, 1.54) is 6.07 Å². The quantitative estimate of drug-likeness (QED) is 0.581. The maximum absolute atomic E-state index is 13.7. The summed E-state index contributed by atoms with van der Waals surface area (Å²) < 4.78 is 58.6. The first-order valence-corrected chi connectivity index (χ1v) is 11.0. The number of ether oxygens (including phenoxy) is 1. The number of amides is 1. The summed E-state index contributed by atoms with van der Waals surface area (Å²) in [6.07, 6.45) is -3.58. The molecule has 0 radical (unpaired) electrons. The molecule has 1 aromatic carbocycles. The molecule has 0 bridgehead atoms. The van der Waals surface area contributed by atoms with Crippen LogP contribution < -0.4 is 5.46 Å². The number of halogens is 3. The molecule has 1 atom stereocenters. The molecular formula is C23H33BF3NO4. The third-order valence-electron chi connectivity index (χ3n) is 6.37. The van der Waals surface area contributed by atoms with Gasteiger partial charge in [-0.3, -0.25) is 0 Å². The van der Waals surface area contributed by atoms with Gasteiger partial charge in [0, 0.05) is 19.0 Å². The second-order valence-electron chi connectivity index (χ2n) is 10.7. The Bertz CT molecular complexity index is 848. The Kier molecular flexibility index (Phi) is 6.41. The zero-order valence-corrected chi connectivity index (χ0v) is 19.9. The highest BCUT2D eigenvalue weighted by Crippen LogP contribution is 2.38. The van der Waals surface area contributed by atoms with Gasteiger partial charge in [-0.2, -0.15) is 13.2 Å². The van der Waals surface area contributed by atoms with Crippen LogP contribution in [0.4, 0.5) is 18.0 Å². The third kappa shape index (κ3) is 5.42. The number of rotatable bonds is 2. The summed E-state index contributed by atoms with van der Waals surface area (Å²) in [6, 6.07) is 4.00. The summed E-state index contributed by atoms with van der Waals surface area (Å²) in [7, 11) is -0.897. The van der Waals surface area contributed by atoms with Crippen LogP contribution in [0.1, 0.15) is 78.4 Å². The topological polar surface area (TPSA) is 48.0 Å². The summed E-state index contributed by atoms with van der Waals surface area (Å²) >= 11 is 0. The molecule has 1 unspecified atom stereocenters. The van der Waals surface area contributed by atoms with Gasteiger partial charge in [0.2, 0.25) is 0 Å². The first-order valence-electron chi connectivity index (χ1n) is 11.0. The fraction of sp³-hybridized carbons (Fsp3) is 0.696. The standard InChI is InChI=1S/C23H33BF3NO4/c1-20(2,3)30-19(29)28-10-8-9-15(14-28)16-11-17(23(25,26)27)13-18(12-16)24-31-21(4,5)22(6,7)32-24/h11-13,15H,8-10,14H2,1-7H3. The zero-order chi connectivity index (χ0) is 24.1. The molecule has 0 N–H and O–H groups in total. The van der Waals surface area contributed by atoms with Crippen LogP contribution in [-0.2, 0) is 20.2 Å². The van der Waals surface area contributed by atoms with E-state index in [9.17, 15) is 18.0 Å². The van der Waals surface area contributed by atoms with Crippen molar-refractivity contribution < 1.29 is 32.0 Å². The summed E-state index contributed by atoms with van der Waals surface area (Å²) in [4.78, 5) is 14.1. The Hall–Kier alpha value is -1.74. The van der Waals surface area contributed by atoms with Gasteiger partial charge in [0.15, 0.2) is 0 Å². The normalized spacial score (nSPS) is 23.4. The van der Waals surface area contributed by atoms with Crippen molar-refractivity contribution in [3.8, 4) is 0 Å². The van der Waals surface area contributed by atoms with Crippen LogP contribution in [0.5, 0.6) is 0 Å². The lowest BCUT2D eigenvalue weighted by Gasteiger charge is -2.34. The Morgan fingerprint density at radius 2 is 1.69 bits per heavy atom. The van der Waals surface area contributed by atoms with Gasteiger partial charge in [0.25, 0.3) is 0 Å². The number of hydrogen-bond donors (Lipinski definition) is 0. The highest BCUT2D eigenvalue weighted by Gasteiger charge is 2.52. The van der Waals surface area contributed by atoms with E-state index < -0.39 is 41.8 Å². The largest absolute Gasteiger partial charge is 0.494 e. The molecule has 2 aliphatic rings. The smallest absolute Gasteiger partial charge is 0.444 e. The van der Waals surface area contributed by atoms with Crippen LogP contribution in [0, 0.1) is 0 Å². The minimum atomic E-state index is -4.51. The van der Waals surface area contributed by atoms with Crippen molar-refractivity contribution in [2.75, 3.05) is 13.1 Å². The molecule has 1 aromatic rings. The number of nitrogens with zero attached hydrogens (tertiary/aromatic N) is 1. The second kappa shape index (κ2) is 8.24. The molecule has 178 valence electrons. The molecule has 32 heavy (non-hydrogen) atoms. The molecule has 2 aliphatic heterocycles. The predicted molar refractivity (Wildman–Crippen MR) is 117 cm³/mol. The van der Waals surface area contributed by atoms with Crippen molar-refractivity contribution in [1.29, 1.82) is 0 Å². The van der Waals surface area contributed by atoms with E-state index in [2.05, 4.69) is 0 Å². The van der Waals surface area contributed by atoms with Gasteiger partial charge in [-0.05, 0) is 78.4 Å². The Labute approximate surface area is 188 Å². The lowest BCUT2D eigenvalue weighted by atomic mass is 9.75. The van der Waals surface area contributed by atoms with E-state index in [1.807, 2.05) is 27.7 Å². The molecule has 2 fully saturated rings. The monoisotopic (exact) mass is 455 g/mol. The van der Waals surface area contributed by atoms with E-state index in [-0.39, 0.29) is 5.92 Å². The number of likely N-dealkylation sites (tertiary alicyclic amines) is 1. The first kappa shape index (κ1) is 24.9. The third-order valence-corrected chi connectivity index (χ3v) is 6.37. The van der Waals surface area contributed by atoms with Gasteiger partial charge in [-0.25, -0.2) is 4.79 Å². The van der Waals surface area contributed by atoms with Crippen molar-refractivity contribution in [2.24, 2.45) is 0 Å². The average Bonchev–Trinajstić information content (AvgIpc) is 2.87. The molecule has 2 saturated heterocycles. The van der Waals surface area contributed by atoms with E-state index in [0.29, 0.717) is 37.0 Å². The number of carbonyl (C=O) groups is 1. The summed E-state index contributed by atoms with van der Waals surface area (Å²) in [6.45, 7) is 13.6. The molecule has 2 heterocycles. The summed E-state index contributed by atoms with van der Waals surface area (Å²) in [5.74, 6) is -0.236. The number of hydrogen-bond acceptors (Lipinski definition) is 4. The van der Waals surface area contributed by atoms with Crippen LogP contribution in [0.2, 0.25) is 0 Å². The molecule has 0 spiro atoms. The number of carbonyl (C=O) groups excluding carboxylic acids is 1. The van der Waals surface area contributed by atoms with Gasteiger partial charge < -0.3 is 18.9 Å². The highest BCUT2D eigenvalue weighted by atomic mass is 19.4. The summed E-state index contributed by atoms with van der Waals surface area (Å²) in [5, 5.41) is 0. The minimum absolute atomic E-state index is 0.236. The lowest BCUT2D eigenvalue weighted by molar-refractivity contribution is -0.137. The Morgan fingerprint density at radius 3 is 2.22 bits per heavy atom. The molecule has 9 heteroatoms.